The van der Waals surface area contributed by atoms with E-state index in [4.69, 9.17) is 11.7 Å². The zero-order valence-corrected chi connectivity index (χ0v) is 5.89. The van der Waals surface area contributed by atoms with E-state index in [0.717, 1.165) is 6.29 Å². The summed E-state index contributed by atoms with van der Waals surface area (Å²) in [5.41, 5.74) is -0.712. The van der Waals surface area contributed by atoms with Crippen molar-refractivity contribution in [3.63, 3.8) is 0 Å². The molecule has 0 aromatic rings. The van der Waals surface area contributed by atoms with E-state index in [1.54, 1.807) is 14.0 Å². The maximum Gasteiger partial charge on any atom is 0.126 e. The number of carbonyl (C=O) groups excluding carboxylic acids is 1. The van der Waals surface area contributed by atoms with Gasteiger partial charge in [-0.1, -0.05) is 6.92 Å². The molecule has 0 aliphatic carbocycles. The van der Waals surface area contributed by atoms with Gasteiger partial charge in [-0.2, -0.15) is 0 Å². The first-order chi connectivity index (χ1) is 4.12. The monoisotopic (exact) mass is 128 g/mol. The standard InChI is InChI=1S/C7H12O2/c1-7(2,6-8)4-5-9-3/h1,6H,4-5H2,2-3H3/t7-/m1/s1. The van der Waals surface area contributed by atoms with Crippen molar-refractivity contribution in [3.8, 4) is 0 Å². The average molecular weight is 128 g/mol. The molecule has 1 atom stereocenters. The van der Waals surface area contributed by atoms with Gasteiger partial charge in [0, 0.05) is 19.1 Å². The third-order valence-corrected chi connectivity index (χ3v) is 1.11. The minimum Gasteiger partial charge on any atom is -0.385 e. The molecule has 0 aromatic carbocycles. The van der Waals surface area contributed by atoms with Gasteiger partial charge in [0.1, 0.15) is 6.29 Å². The second kappa shape index (κ2) is 3.62. The molecule has 0 heterocycles. The molecule has 2 radical (unpaired) electrons. The van der Waals surface area contributed by atoms with Crippen molar-refractivity contribution in [1.82, 2.24) is 0 Å². The Morgan fingerprint density at radius 3 is 2.67 bits per heavy atom. The van der Waals surface area contributed by atoms with Crippen LogP contribution in [0.15, 0.2) is 0 Å². The molecule has 0 bridgehead atoms. The van der Waals surface area contributed by atoms with Crippen LogP contribution >= 0.6 is 0 Å². The summed E-state index contributed by atoms with van der Waals surface area (Å²) in [5, 5.41) is 0. The van der Waals surface area contributed by atoms with Crippen LogP contribution in [0.2, 0.25) is 0 Å². The highest BCUT2D eigenvalue weighted by Gasteiger charge is 2.15. The molecular weight excluding hydrogens is 116 g/mol. The number of rotatable bonds is 4. The first kappa shape index (κ1) is 8.63. The molecule has 0 aliphatic heterocycles. The zero-order valence-electron chi connectivity index (χ0n) is 5.89. The van der Waals surface area contributed by atoms with Crippen LogP contribution in [0.1, 0.15) is 13.3 Å². The van der Waals surface area contributed by atoms with Gasteiger partial charge in [-0.05, 0) is 13.3 Å². The summed E-state index contributed by atoms with van der Waals surface area (Å²) in [6, 6.07) is 0. The summed E-state index contributed by atoms with van der Waals surface area (Å²) in [6.45, 7) is 7.67. The second-order valence-corrected chi connectivity index (χ2v) is 2.37. The lowest BCUT2D eigenvalue weighted by molar-refractivity contribution is -0.114. The molecule has 2 heteroatoms. The van der Waals surface area contributed by atoms with Crippen molar-refractivity contribution in [1.29, 1.82) is 0 Å². The zero-order chi connectivity index (χ0) is 7.33. The molecule has 0 aromatic heterocycles. The molecule has 0 unspecified atom stereocenters. The quantitative estimate of drug-likeness (QED) is 0.527. The first-order valence-electron chi connectivity index (χ1n) is 2.86. The topological polar surface area (TPSA) is 26.3 Å². The van der Waals surface area contributed by atoms with Crippen molar-refractivity contribution >= 4 is 6.29 Å². The lowest BCUT2D eigenvalue weighted by Crippen LogP contribution is -2.15. The average Bonchev–Trinajstić information content (AvgIpc) is 1.84. The van der Waals surface area contributed by atoms with Crippen LogP contribution in [0, 0.1) is 12.3 Å². The smallest absolute Gasteiger partial charge is 0.126 e. The third-order valence-electron chi connectivity index (χ3n) is 1.11. The van der Waals surface area contributed by atoms with Crippen LogP contribution in [0.5, 0.6) is 0 Å². The number of aldehydes is 1. The fourth-order valence-corrected chi connectivity index (χ4v) is 0.381. The van der Waals surface area contributed by atoms with E-state index >= 15 is 0 Å². The molecule has 0 saturated carbocycles. The Balaban J connectivity index is 3.45. The normalized spacial score (nSPS) is 11.4. The Morgan fingerprint density at radius 1 is 1.78 bits per heavy atom. The molecule has 0 amide bonds. The van der Waals surface area contributed by atoms with E-state index in [1.807, 2.05) is 0 Å². The molecule has 2 nitrogen and oxygen atoms in total. The van der Waals surface area contributed by atoms with Crippen LogP contribution in [-0.4, -0.2) is 20.0 Å². The van der Waals surface area contributed by atoms with E-state index in [1.165, 1.54) is 0 Å². The number of ether oxygens (including phenoxy) is 1. The predicted molar refractivity (Wildman–Crippen MR) is 35.0 cm³/mol. The van der Waals surface area contributed by atoms with E-state index in [9.17, 15) is 4.79 Å². The summed E-state index contributed by atoms with van der Waals surface area (Å²) in [4.78, 5) is 10.2. The van der Waals surface area contributed by atoms with Crippen molar-refractivity contribution < 1.29 is 9.53 Å². The summed E-state index contributed by atoms with van der Waals surface area (Å²) in [5.74, 6) is 0. The van der Waals surface area contributed by atoms with Crippen molar-refractivity contribution in [2.24, 2.45) is 5.41 Å². The summed E-state index contributed by atoms with van der Waals surface area (Å²) < 4.78 is 4.74. The second-order valence-electron chi connectivity index (χ2n) is 2.37. The maximum atomic E-state index is 10.2. The SMILES string of the molecule is [CH][C@](C)(C=O)CCOC. The van der Waals surface area contributed by atoms with Crippen molar-refractivity contribution in [2.45, 2.75) is 13.3 Å². The van der Waals surface area contributed by atoms with Gasteiger partial charge < -0.3 is 9.53 Å². The fraction of sp³-hybridized carbons (Fsp3) is 0.714. The molecule has 0 rings (SSSR count). The van der Waals surface area contributed by atoms with Crippen LogP contribution in [0.25, 0.3) is 0 Å². The largest absolute Gasteiger partial charge is 0.385 e. The van der Waals surface area contributed by atoms with E-state index in [-0.39, 0.29) is 0 Å². The van der Waals surface area contributed by atoms with Crippen LogP contribution in [0.3, 0.4) is 0 Å². The number of hydrogen-bond acceptors (Lipinski definition) is 2. The van der Waals surface area contributed by atoms with E-state index in [0.29, 0.717) is 13.0 Å². The Bertz CT molecular complexity index is 86.9. The Kier molecular flexibility index (Phi) is 3.47. The van der Waals surface area contributed by atoms with E-state index in [2.05, 4.69) is 0 Å². The van der Waals surface area contributed by atoms with Crippen molar-refractivity contribution in [3.05, 3.63) is 6.92 Å². The predicted octanol–water partition coefficient (Wildman–Crippen LogP) is 0.939. The van der Waals surface area contributed by atoms with Crippen LogP contribution < -0.4 is 0 Å². The molecule has 0 fully saturated rings. The van der Waals surface area contributed by atoms with E-state index < -0.39 is 5.41 Å². The summed E-state index contributed by atoms with van der Waals surface area (Å²) in [7, 11) is 1.58. The molecule has 9 heavy (non-hydrogen) atoms. The lowest BCUT2D eigenvalue weighted by Gasteiger charge is -2.13. The molecule has 0 aliphatic rings. The molecule has 0 spiro atoms. The minimum atomic E-state index is -0.712. The van der Waals surface area contributed by atoms with Gasteiger partial charge in [0.2, 0.25) is 0 Å². The highest BCUT2D eigenvalue weighted by atomic mass is 16.5. The van der Waals surface area contributed by atoms with Gasteiger partial charge in [0.05, 0.1) is 0 Å². The van der Waals surface area contributed by atoms with Gasteiger partial charge in [0.25, 0.3) is 0 Å². The van der Waals surface area contributed by atoms with Crippen molar-refractivity contribution in [2.75, 3.05) is 13.7 Å². The third kappa shape index (κ3) is 4.15. The summed E-state index contributed by atoms with van der Waals surface area (Å²) >= 11 is 0. The Morgan fingerprint density at radius 2 is 2.33 bits per heavy atom. The lowest BCUT2D eigenvalue weighted by atomic mass is 9.92. The first-order valence-corrected chi connectivity index (χ1v) is 2.86. The van der Waals surface area contributed by atoms with Gasteiger partial charge in [0.15, 0.2) is 0 Å². The number of carbonyl (C=O) groups is 1. The highest BCUT2D eigenvalue weighted by Crippen LogP contribution is 2.14. The summed E-state index contributed by atoms with van der Waals surface area (Å²) in [6.07, 6.45) is 1.32. The maximum absolute atomic E-state index is 10.2. The van der Waals surface area contributed by atoms with Gasteiger partial charge >= 0.3 is 0 Å². The number of hydrogen-bond donors (Lipinski definition) is 0. The molecular formula is C7H12O2. The minimum absolute atomic E-state index is 0.533. The molecule has 0 saturated heterocycles. The number of methoxy groups -OCH3 is 1. The van der Waals surface area contributed by atoms with Gasteiger partial charge in [-0.3, -0.25) is 0 Å². The van der Waals surface area contributed by atoms with Crippen LogP contribution in [-0.2, 0) is 9.53 Å². The highest BCUT2D eigenvalue weighted by molar-refractivity contribution is 5.59. The Labute approximate surface area is 56.2 Å². The Hall–Kier alpha value is -0.370. The fourth-order valence-electron chi connectivity index (χ4n) is 0.381. The van der Waals surface area contributed by atoms with Gasteiger partial charge in [-0.15, -0.1) is 0 Å². The van der Waals surface area contributed by atoms with Crippen LogP contribution in [0.4, 0.5) is 0 Å². The molecule has 52 valence electrons. The molecule has 0 N–H and O–H groups in total. The van der Waals surface area contributed by atoms with Gasteiger partial charge in [-0.25, -0.2) is 0 Å².